The van der Waals surface area contributed by atoms with Gasteiger partial charge in [0.1, 0.15) is 11.5 Å². The summed E-state index contributed by atoms with van der Waals surface area (Å²) in [7, 11) is 1.76. The van der Waals surface area contributed by atoms with Crippen LogP contribution in [0, 0.1) is 19.7 Å². The highest BCUT2D eigenvalue weighted by Gasteiger charge is 2.15. The zero-order chi connectivity index (χ0) is 15.9. The van der Waals surface area contributed by atoms with Crippen LogP contribution in [0.4, 0.5) is 10.1 Å². The van der Waals surface area contributed by atoms with E-state index >= 15 is 0 Å². The van der Waals surface area contributed by atoms with Crippen molar-refractivity contribution in [2.24, 2.45) is 7.05 Å². The Morgan fingerprint density at radius 2 is 1.86 bits per heavy atom. The van der Waals surface area contributed by atoms with Gasteiger partial charge in [-0.25, -0.2) is 4.39 Å². The van der Waals surface area contributed by atoms with Crippen molar-refractivity contribution in [2.45, 2.75) is 13.8 Å². The van der Waals surface area contributed by atoms with Gasteiger partial charge in [0.15, 0.2) is 0 Å². The first-order valence-electron chi connectivity index (χ1n) is 7.10. The average molecular weight is 296 g/mol. The average Bonchev–Trinajstić information content (AvgIpc) is 2.82. The molecule has 0 unspecified atom stereocenters. The fourth-order valence-corrected chi connectivity index (χ4v) is 2.56. The van der Waals surface area contributed by atoms with Crippen LogP contribution >= 0.6 is 0 Å². The van der Waals surface area contributed by atoms with Crippen molar-refractivity contribution < 1.29 is 9.18 Å². The SMILES string of the molecule is Cc1ccc(NC(=O)c2cc3c(F)cccc3n2C)cc1C. The molecule has 3 aromatic rings. The summed E-state index contributed by atoms with van der Waals surface area (Å²) in [4.78, 5) is 12.5. The number of fused-ring (bicyclic) bond motifs is 1. The Labute approximate surface area is 128 Å². The van der Waals surface area contributed by atoms with E-state index in [1.165, 1.54) is 11.6 Å². The van der Waals surface area contributed by atoms with Crippen molar-refractivity contribution in [1.82, 2.24) is 4.57 Å². The molecule has 2 aromatic carbocycles. The zero-order valence-electron chi connectivity index (χ0n) is 12.8. The molecule has 0 aliphatic carbocycles. The molecule has 0 saturated heterocycles. The number of aromatic nitrogens is 1. The fraction of sp³-hybridized carbons (Fsp3) is 0.167. The van der Waals surface area contributed by atoms with Crippen molar-refractivity contribution in [3.05, 3.63) is 65.1 Å². The lowest BCUT2D eigenvalue weighted by atomic mass is 10.1. The first-order chi connectivity index (χ1) is 10.5. The Bertz CT molecular complexity index is 880. The van der Waals surface area contributed by atoms with Crippen LogP contribution < -0.4 is 5.32 Å². The lowest BCUT2D eigenvalue weighted by Crippen LogP contribution is -2.15. The van der Waals surface area contributed by atoms with Gasteiger partial charge in [-0.05, 0) is 55.3 Å². The van der Waals surface area contributed by atoms with E-state index in [9.17, 15) is 9.18 Å². The normalized spacial score (nSPS) is 10.9. The third-order valence-corrected chi connectivity index (χ3v) is 4.03. The molecule has 4 heteroatoms. The standard InChI is InChI=1S/C18H17FN2O/c1-11-7-8-13(9-12(11)2)20-18(22)17-10-14-15(19)5-4-6-16(14)21(17)3/h4-10H,1-3H3,(H,20,22). The van der Waals surface area contributed by atoms with Gasteiger partial charge in [-0.3, -0.25) is 4.79 Å². The molecule has 3 rings (SSSR count). The van der Waals surface area contributed by atoms with Crippen LogP contribution in [0.15, 0.2) is 42.5 Å². The Kier molecular flexibility index (Phi) is 3.45. The van der Waals surface area contributed by atoms with Crippen LogP contribution in [0.25, 0.3) is 10.9 Å². The molecule has 112 valence electrons. The number of benzene rings is 2. The van der Waals surface area contributed by atoms with Crippen molar-refractivity contribution >= 4 is 22.5 Å². The van der Waals surface area contributed by atoms with Crippen molar-refractivity contribution in [1.29, 1.82) is 0 Å². The Hall–Kier alpha value is -2.62. The van der Waals surface area contributed by atoms with E-state index in [4.69, 9.17) is 0 Å². The number of amides is 1. The summed E-state index contributed by atoms with van der Waals surface area (Å²) in [6.45, 7) is 4.02. The molecule has 0 aliphatic heterocycles. The minimum atomic E-state index is -0.321. The van der Waals surface area contributed by atoms with E-state index in [1.54, 1.807) is 29.8 Å². The van der Waals surface area contributed by atoms with Crippen LogP contribution in [0.2, 0.25) is 0 Å². The first kappa shape index (κ1) is 14.3. The molecule has 0 atom stereocenters. The monoisotopic (exact) mass is 296 g/mol. The van der Waals surface area contributed by atoms with Crippen molar-refractivity contribution in [3.63, 3.8) is 0 Å². The lowest BCUT2D eigenvalue weighted by molar-refractivity contribution is 0.102. The van der Waals surface area contributed by atoms with Gasteiger partial charge in [-0.2, -0.15) is 0 Å². The minimum Gasteiger partial charge on any atom is -0.340 e. The molecule has 0 aliphatic rings. The highest BCUT2D eigenvalue weighted by Crippen LogP contribution is 2.22. The van der Waals surface area contributed by atoms with Gasteiger partial charge in [-0.1, -0.05) is 12.1 Å². The highest BCUT2D eigenvalue weighted by molar-refractivity contribution is 6.06. The molecular formula is C18H17FN2O. The van der Waals surface area contributed by atoms with Gasteiger partial charge in [-0.15, -0.1) is 0 Å². The van der Waals surface area contributed by atoms with E-state index in [2.05, 4.69) is 5.32 Å². The van der Waals surface area contributed by atoms with Crippen LogP contribution in [0.1, 0.15) is 21.6 Å². The maximum atomic E-state index is 13.8. The second-order valence-electron chi connectivity index (χ2n) is 5.51. The quantitative estimate of drug-likeness (QED) is 0.756. The van der Waals surface area contributed by atoms with Gasteiger partial charge in [0.25, 0.3) is 5.91 Å². The molecule has 1 amide bonds. The Morgan fingerprint density at radius 3 is 2.55 bits per heavy atom. The smallest absolute Gasteiger partial charge is 0.272 e. The summed E-state index contributed by atoms with van der Waals surface area (Å²) in [5.41, 5.74) is 4.15. The Morgan fingerprint density at radius 1 is 1.09 bits per heavy atom. The minimum absolute atomic E-state index is 0.249. The molecule has 1 heterocycles. The van der Waals surface area contributed by atoms with E-state index in [0.717, 1.165) is 11.3 Å². The largest absolute Gasteiger partial charge is 0.340 e. The topological polar surface area (TPSA) is 34.0 Å². The van der Waals surface area contributed by atoms with E-state index < -0.39 is 0 Å². The summed E-state index contributed by atoms with van der Waals surface area (Å²) < 4.78 is 15.5. The lowest BCUT2D eigenvalue weighted by Gasteiger charge is -2.08. The Balaban J connectivity index is 1.97. The van der Waals surface area contributed by atoms with Gasteiger partial charge < -0.3 is 9.88 Å². The molecule has 0 spiro atoms. The third-order valence-electron chi connectivity index (χ3n) is 4.03. The zero-order valence-corrected chi connectivity index (χ0v) is 12.8. The van der Waals surface area contributed by atoms with Crippen LogP contribution in [0.5, 0.6) is 0 Å². The molecule has 0 radical (unpaired) electrons. The van der Waals surface area contributed by atoms with E-state index in [1.807, 2.05) is 32.0 Å². The fourth-order valence-electron chi connectivity index (χ4n) is 2.56. The van der Waals surface area contributed by atoms with Crippen LogP contribution in [-0.4, -0.2) is 10.5 Å². The molecule has 1 aromatic heterocycles. The summed E-state index contributed by atoms with van der Waals surface area (Å²) in [6, 6.07) is 12.2. The predicted octanol–water partition coefficient (Wildman–Crippen LogP) is 4.19. The van der Waals surface area contributed by atoms with E-state index in [-0.39, 0.29) is 11.7 Å². The predicted molar refractivity (Wildman–Crippen MR) is 86.7 cm³/mol. The number of carbonyl (C=O) groups is 1. The number of halogens is 1. The molecular weight excluding hydrogens is 279 g/mol. The number of hydrogen-bond acceptors (Lipinski definition) is 1. The highest BCUT2D eigenvalue weighted by atomic mass is 19.1. The summed E-state index contributed by atoms with van der Waals surface area (Å²) in [6.07, 6.45) is 0. The van der Waals surface area contributed by atoms with Crippen LogP contribution in [-0.2, 0) is 7.05 Å². The number of carbonyl (C=O) groups excluding carboxylic acids is 1. The van der Waals surface area contributed by atoms with Gasteiger partial charge in [0, 0.05) is 18.1 Å². The molecule has 22 heavy (non-hydrogen) atoms. The summed E-state index contributed by atoms with van der Waals surface area (Å²) >= 11 is 0. The van der Waals surface area contributed by atoms with Crippen molar-refractivity contribution in [3.8, 4) is 0 Å². The third kappa shape index (κ3) is 2.37. The maximum Gasteiger partial charge on any atom is 0.272 e. The molecule has 1 N–H and O–H groups in total. The maximum absolute atomic E-state index is 13.8. The summed E-state index contributed by atoms with van der Waals surface area (Å²) in [5.74, 6) is -0.570. The van der Waals surface area contributed by atoms with E-state index in [0.29, 0.717) is 16.6 Å². The van der Waals surface area contributed by atoms with Gasteiger partial charge in [0.05, 0.1) is 5.52 Å². The second kappa shape index (κ2) is 5.30. The van der Waals surface area contributed by atoms with Crippen molar-refractivity contribution in [2.75, 3.05) is 5.32 Å². The van der Waals surface area contributed by atoms with Gasteiger partial charge in [0.2, 0.25) is 0 Å². The molecule has 0 fully saturated rings. The number of rotatable bonds is 2. The summed E-state index contributed by atoms with van der Waals surface area (Å²) in [5, 5.41) is 3.32. The molecule has 3 nitrogen and oxygen atoms in total. The number of aryl methyl sites for hydroxylation is 3. The van der Waals surface area contributed by atoms with Gasteiger partial charge >= 0.3 is 0 Å². The number of nitrogens with one attached hydrogen (secondary N) is 1. The molecule has 0 saturated carbocycles. The number of anilines is 1. The number of nitrogens with zero attached hydrogens (tertiary/aromatic N) is 1. The molecule has 0 bridgehead atoms. The second-order valence-corrected chi connectivity index (χ2v) is 5.51. The first-order valence-corrected chi connectivity index (χ1v) is 7.10. The number of hydrogen-bond donors (Lipinski definition) is 1. The van der Waals surface area contributed by atoms with Crippen LogP contribution in [0.3, 0.4) is 0 Å².